The van der Waals surface area contributed by atoms with E-state index in [9.17, 15) is 15.8 Å². The molecule has 0 aliphatic carbocycles. The van der Waals surface area contributed by atoms with Crippen LogP contribution in [0.3, 0.4) is 0 Å². The molecular weight excluding hydrogens is 408 g/mol. The standard InChI is InChI=1S/C24H20N4O4/c1-22-19(15-8-10-16(29-2)11-9-15)24(14-27,21(28)32-22)23(12-25,13-26)20(31-22)17-6-4-5-7-18(17)30-3/h4-11,19-20,28H,1-3H3. The molecule has 2 aliphatic rings. The van der Waals surface area contributed by atoms with Gasteiger partial charge in [0.15, 0.2) is 5.41 Å². The van der Waals surface area contributed by atoms with Crippen molar-refractivity contribution in [2.24, 2.45) is 10.8 Å². The molecule has 2 aliphatic heterocycles. The van der Waals surface area contributed by atoms with Crippen LogP contribution in [0.1, 0.15) is 30.1 Å². The van der Waals surface area contributed by atoms with Crippen LogP contribution in [0.15, 0.2) is 48.5 Å². The van der Waals surface area contributed by atoms with Gasteiger partial charge in [0.2, 0.25) is 17.1 Å². The van der Waals surface area contributed by atoms with E-state index in [1.807, 2.05) is 12.1 Å². The summed E-state index contributed by atoms with van der Waals surface area (Å²) in [6.45, 7) is 1.62. The van der Waals surface area contributed by atoms with Gasteiger partial charge in [0.05, 0.1) is 38.3 Å². The van der Waals surface area contributed by atoms with Crippen LogP contribution in [0.5, 0.6) is 11.5 Å². The molecule has 0 amide bonds. The van der Waals surface area contributed by atoms with E-state index in [4.69, 9.17) is 24.4 Å². The fourth-order valence-electron chi connectivity index (χ4n) is 4.95. The zero-order valence-electron chi connectivity index (χ0n) is 17.7. The topological polar surface area (TPSA) is 132 Å². The monoisotopic (exact) mass is 428 g/mol. The first-order valence-corrected chi connectivity index (χ1v) is 9.84. The Bertz CT molecular complexity index is 1190. The maximum atomic E-state index is 10.5. The van der Waals surface area contributed by atoms with Crippen molar-refractivity contribution in [2.45, 2.75) is 24.7 Å². The predicted octanol–water partition coefficient (Wildman–Crippen LogP) is 3.83. The van der Waals surface area contributed by atoms with Gasteiger partial charge in [-0.25, -0.2) is 0 Å². The Kier molecular flexibility index (Phi) is 4.81. The number of ether oxygens (including phenoxy) is 4. The van der Waals surface area contributed by atoms with E-state index in [0.29, 0.717) is 22.6 Å². The van der Waals surface area contributed by atoms with Crippen LogP contribution < -0.4 is 9.47 Å². The highest BCUT2D eigenvalue weighted by Gasteiger charge is 2.80. The third-order valence-electron chi connectivity index (χ3n) is 6.39. The van der Waals surface area contributed by atoms with Crippen molar-refractivity contribution in [3.8, 4) is 29.7 Å². The van der Waals surface area contributed by atoms with Gasteiger partial charge in [0.25, 0.3) is 0 Å². The lowest BCUT2D eigenvalue weighted by Crippen LogP contribution is -2.57. The van der Waals surface area contributed by atoms with Gasteiger partial charge in [-0.05, 0) is 23.8 Å². The van der Waals surface area contributed by atoms with E-state index in [1.54, 1.807) is 55.5 Å². The van der Waals surface area contributed by atoms with E-state index >= 15 is 0 Å². The Morgan fingerprint density at radius 2 is 1.59 bits per heavy atom. The lowest BCUT2D eigenvalue weighted by atomic mass is 9.52. The van der Waals surface area contributed by atoms with Crippen molar-refractivity contribution in [2.75, 3.05) is 14.2 Å². The highest BCUT2D eigenvalue weighted by Crippen LogP contribution is 2.69. The Morgan fingerprint density at radius 3 is 2.16 bits per heavy atom. The van der Waals surface area contributed by atoms with Crippen molar-refractivity contribution in [3.05, 3.63) is 59.7 Å². The number of hydrogen-bond donors (Lipinski definition) is 1. The number of rotatable bonds is 4. The molecule has 4 atom stereocenters. The molecule has 2 fully saturated rings. The largest absolute Gasteiger partial charge is 0.497 e. The number of para-hydroxylation sites is 1. The Morgan fingerprint density at radius 1 is 0.938 bits per heavy atom. The van der Waals surface area contributed by atoms with Gasteiger partial charge >= 0.3 is 0 Å². The third kappa shape index (κ3) is 2.46. The molecule has 8 nitrogen and oxygen atoms in total. The van der Waals surface area contributed by atoms with Crippen molar-refractivity contribution >= 4 is 5.90 Å². The molecule has 2 bridgehead atoms. The lowest BCUT2D eigenvalue weighted by Gasteiger charge is -2.49. The van der Waals surface area contributed by atoms with Crippen LogP contribution in [-0.4, -0.2) is 25.9 Å². The molecule has 2 aromatic rings. The quantitative estimate of drug-likeness (QED) is 0.782. The van der Waals surface area contributed by atoms with E-state index in [0.717, 1.165) is 0 Å². The number of hydrogen-bond acceptors (Lipinski definition) is 8. The molecule has 2 heterocycles. The first-order valence-electron chi connectivity index (χ1n) is 9.84. The second-order valence-electron chi connectivity index (χ2n) is 7.84. The molecule has 160 valence electrons. The van der Waals surface area contributed by atoms with Gasteiger partial charge in [0, 0.05) is 12.5 Å². The summed E-state index contributed by atoms with van der Waals surface area (Å²) in [5.74, 6) is -1.86. The predicted molar refractivity (Wildman–Crippen MR) is 111 cm³/mol. The van der Waals surface area contributed by atoms with E-state index in [2.05, 4.69) is 6.07 Å². The van der Waals surface area contributed by atoms with Crippen molar-refractivity contribution in [1.29, 1.82) is 21.2 Å². The molecule has 4 rings (SSSR count). The molecule has 0 spiro atoms. The molecule has 1 N–H and O–H groups in total. The zero-order valence-corrected chi connectivity index (χ0v) is 17.7. The summed E-state index contributed by atoms with van der Waals surface area (Å²) in [4.78, 5) is 0. The summed E-state index contributed by atoms with van der Waals surface area (Å²) in [6.07, 6.45) is -1.20. The van der Waals surface area contributed by atoms with Gasteiger partial charge in [0.1, 0.15) is 17.6 Å². The Balaban J connectivity index is 2.02. The molecule has 8 heteroatoms. The summed E-state index contributed by atoms with van der Waals surface area (Å²) in [5.41, 5.74) is -3.00. The number of benzene rings is 2. The average molecular weight is 428 g/mol. The van der Waals surface area contributed by atoms with E-state index < -0.39 is 34.5 Å². The maximum absolute atomic E-state index is 10.5. The maximum Gasteiger partial charge on any atom is 0.218 e. The number of nitrogens with one attached hydrogen (secondary N) is 1. The second-order valence-corrected chi connectivity index (χ2v) is 7.84. The van der Waals surface area contributed by atoms with E-state index in [1.165, 1.54) is 14.2 Å². The molecule has 2 saturated heterocycles. The SMILES string of the molecule is COc1ccc(C2C3(C)OC(=N)C2(C#N)C(C#N)(C#N)C(c2ccccc2OC)O3)cc1. The fourth-order valence-corrected chi connectivity index (χ4v) is 4.95. The first-order chi connectivity index (χ1) is 15.4. The smallest absolute Gasteiger partial charge is 0.218 e. The molecule has 4 unspecified atom stereocenters. The summed E-state index contributed by atoms with van der Waals surface area (Å²) in [5, 5.41) is 39.9. The van der Waals surface area contributed by atoms with Crippen molar-refractivity contribution in [1.82, 2.24) is 0 Å². The van der Waals surface area contributed by atoms with Gasteiger partial charge < -0.3 is 18.9 Å². The molecular formula is C24H20N4O4. The number of fused-ring (bicyclic) bond motifs is 2. The molecule has 0 aromatic heterocycles. The van der Waals surface area contributed by atoms with Crippen LogP contribution in [0.25, 0.3) is 0 Å². The highest BCUT2D eigenvalue weighted by atomic mass is 16.7. The van der Waals surface area contributed by atoms with Crippen LogP contribution in [0.2, 0.25) is 0 Å². The second kappa shape index (κ2) is 7.27. The summed E-state index contributed by atoms with van der Waals surface area (Å²) in [6, 6.07) is 19.9. The molecule has 0 radical (unpaired) electrons. The average Bonchev–Trinajstić information content (AvgIpc) is 3.01. The van der Waals surface area contributed by atoms with Gasteiger partial charge in [-0.3, -0.25) is 5.41 Å². The molecule has 2 aromatic carbocycles. The first kappa shape index (κ1) is 21.2. The zero-order chi connectivity index (χ0) is 23.1. The minimum Gasteiger partial charge on any atom is -0.497 e. The van der Waals surface area contributed by atoms with Crippen LogP contribution in [0.4, 0.5) is 0 Å². The van der Waals surface area contributed by atoms with Crippen molar-refractivity contribution < 1.29 is 18.9 Å². The summed E-state index contributed by atoms with van der Waals surface area (Å²) in [7, 11) is 3.00. The van der Waals surface area contributed by atoms with Gasteiger partial charge in [-0.1, -0.05) is 30.3 Å². The number of methoxy groups -OCH3 is 2. The highest BCUT2D eigenvalue weighted by molar-refractivity contribution is 5.90. The van der Waals surface area contributed by atoms with Crippen LogP contribution in [0, 0.1) is 50.2 Å². The molecule has 32 heavy (non-hydrogen) atoms. The summed E-state index contributed by atoms with van der Waals surface area (Å²) >= 11 is 0. The van der Waals surface area contributed by atoms with E-state index in [-0.39, 0.29) is 0 Å². The minimum absolute atomic E-state index is 0.401. The van der Waals surface area contributed by atoms with Crippen LogP contribution in [-0.2, 0) is 9.47 Å². The van der Waals surface area contributed by atoms with Gasteiger partial charge in [-0.2, -0.15) is 15.8 Å². The minimum atomic E-state index is -2.09. The van der Waals surface area contributed by atoms with Crippen molar-refractivity contribution in [3.63, 3.8) is 0 Å². The number of nitrogens with zero attached hydrogens (tertiary/aromatic N) is 3. The van der Waals surface area contributed by atoms with Gasteiger partial charge in [-0.15, -0.1) is 0 Å². The third-order valence-corrected chi connectivity index (χ3v) is 6.39. The normalized spacial score (nSPS) is 29.7. The fraction of sp³-hybridized carbons (Fsp3) is 0.333. The number of nitriles is 3. The summed E-state index contributed by atoms with van der Waals surface area (Å²) < 4.78 is 22.8. The Hall–Kier alpha value is -4.06. The van der Waals surface area contributed by atoms with Crippen LogP contribution >= 0.6 is 0 Å². The lowest BCUT2D eigenvalue weighted by molar-refractivity contribution is -0.253. The Labute approximate surface area is 185 Å². The molecule has 0 saturated carbocycles.